The molecule has 1 aromatic carbocycles. The van der Waals surface area contributed by atoms with Crippen LogP contribution < -0.4 is 20.1 Å². The van der Waals surface area contributed by atoms with Crippen LogP contribution in [0.15, 0.2) is 18.2 Å². The topological polar surface area (TPSA) is 76.7 Å². The molecule has 0 unspecified atom stereocenters. The molecule has 122 valence electrons. The van der Waals surface area contributed by atoms with E-state index in [1.54, 1.807) is 14.2 Å². The molecule has 1 rings (SSSR count). The zero-order valence-electron chi connectivity index (χ0n) is 13.4. The monoisotopic (exact) mass is 308 g/mol. The molecule has 22 heavy (non-hydrogen) atoms. The molecule has 0 aliphatic carbocycles. The van der Waals surface area contributed by atoms with E-state index in [0.29, 0.717) is 31.0 Å². The van der Waals surface area contributed by atoms with Gasteiger partial charge in [0.15, 0.2) is 11.5 Å². The summed E-state index contributed by atoms with van der Waals surface area (Å²) in [5, 5.41) is 5.40. The molecule has 0 aliphatic rings. The molecule has 6 nitrogen and oxygen atoms in total. The fourth-order valence-electron chi connectivity index (χ4n) is 1.92. The summed E-state index contributed by atoms with van der Waals surface area (Å²) in [7, 11) is 3.17. The van der Waals surface area contributed by atoms with Crippen molar-refractivity contribution in [3.05, 3.63) is 23.8 Å². The second-order valence-electron chi connectivity index (χ2n) is 4.82. The van der Waals surface area contributed by atoms with Gasteiger partial charge in [0.05, 0.1) is 14.2 Å². The van der Waals surface area contributed by atoms with Gasteiger partial charge in [0, 0.05) is 13.1 Å². The molecule has 0 aliphatic heterocycles. The van der Waals surface area contributed by atoms with Crippen molar-refractivity contribution in [2.45, 2.75) is 26.2 Å². The van der Waals surface area contributed by atoms with Crippen LogP contribution >= 0.6 is 0 Å². The van der Waals surface area contributed by atoms with Crippen LogP contribution in [0.1, 0.15) is 25.3 Å². The van der Waals surface area contributed by atoms with E-state index in [1.165, 1.54) is 0 Å². The molecule has 0 saturated heterocycles. The maximum absolute atomic E-state index is 11.6. The Balaban J connectivity index is 2.37. The Hall–Kier alpha value is -2.24. The minimum absolute atomic E-state index is 0.133. The maximum atomic E-state index is 11.6. The third-order valence-corrected chi connectivity index (χ3v) is 3.08. The number of hydrogen-bond acceptors (Lipinski definition) is 4. The van der Waals surface area contributed by atoms with Gasteiger partial charge >= 0.3 is 0 Å². The third-order valence-electron chi connectivity index (χ3n) is 3.08. The lowest BCUT2D eigenvalue weighted by Crippen LogP contribution is -2.33. The van der Waals surface area contributed by atoms with Gasteiger partial charge in [-0.2, -0.15) is 0 Å². The molecule has 0 radical (unpaired) electrons. The molecular formula is C16H24N2O4. The number of rotatable bonds is 9. The van der Waals surface area contributed by atoms with Crippen LogP contribution in [0.25, 0.3) is 0 Å². The number of hydrogen-bond donors (Lipinski definition) is 2. The number of ether oxygens (including phenoxy) is 2. The van der Waals surface area contributed by atoms with Crippen LogP contribution in [0.5, 0.6) is 11.5 Å². The van der Waals surface area contributed by atoms with E-state index >= 15 is 0 Å². The summed E-state index contributed by atoms with van der Waals surface area (Å²) in [4.78, 5) is 23.0. The Morgan fingerprint density at radius 3 is 2.23 bits per heavy atom. The predicted molar refractivity (Wildman–Crippen MR) is 84.2 cm³/mol. The van der Waals surface area contributed by atoms with Gasteiger partial charge in [0.2, 0.25) is 11.8 Å². The normalized spacial score (nSPS) is 9.95. The van der Waals surface area contributed by atoms with Crippen molar-refractivity contribution in [3.63, 3.8) is 0 Å². The first-order chi connectivity index (χ1) is 10.6. The Bertz CT molecular complexity index is 503. The van der Waals surface area contributed by atoms with Crippen LogP contribution in [-0.4, -0.2) is 39.1 Å². The molecule has 0 saturated carbocycles. The lowest BCUT2D eigenvalue weighted by molar-refractivity contribution is -0.129. The highest BCUT2D eigenvalue weighted by molar-refractivity contribution is 5.96. The second kappa shape index (κ2) is 9.65. The van der Waals surface area contributed by atoms with Crippen LogP contribution in [0.3, 0.4) is 0 Å². The summed E-state index contributed by atoms with van der Waals surface area (Å²) in [5.41, 5.74) is 1.02. The molecule has 0 aromatic heterocycles. The Labute approximate surface area is 131 Å². The van der Waals surface area contributed by atoms with Crippen LogP contribution in [0.4, 0.5) is 0 Å². The van der Waals surface area contributed by atoms with Crippen molar-refractivity contribution >= 4 is 11.8 Å². The lowest BCUT2D eigenvalue weighted by Gasteiger charge is -2.10. The van der Waals surface area contributed by atoms with E-state index in [2.05, 4.69) is 10.6 Å². The molecular weight excluding hydrogens is 284 g/mol. The van der Waals surface area contributed by atoms with E-state index in [-0.39, 0.29) is 18.2 Å². The lowest BCUT2D eigenvalue weighted by atomic mass is 10.1. The fourth-order valence-corrected chi connectivity index (χ4v) is 1.92. The fraction of sp³-hybridized carbons (Fsp3) is 0.500. The summed E-state index contributed by atoms with van der Waals surface area (Å²) in [5.74, 6) is 0.813. The van der Waals surface area contributed by atoms with Crippen molar-refractivity contribution < 1.29 is 19.1 Å². The molecule has 1 aromatic rings. The zero-order chi connectivity index (χ0) is 16.4. The van der Waals surface area contributed by atoms with Gasteiger partial charge in [-0.25, -0.2) is 0 Å². The van der Waals surface area contributed by atoms with Crippen LogP contribution in [0.2, 0.25) is 0 Å². The number of methoxy groups -OCH3 is 2. The largest absolute Gasteiger partial charge is 0.493 e. The van der Waals surface area contributed by atoms with Gasteiger partial charge in [-0.05, 0) is 30.5 Å². The molecule has 0 atom stereocenters. The third kappa shape index (κ3) is 6.03. The van der Waals surface area contributed by atoms with Crippen LogP contribution in [-0.2, 0) is 16.0 Å². The van der Waals surface area contributed by atoms with Gasteiger partial charge in [-0.15, -0.1) is 0 Å². The minimum atomic E-state index is -0.269. The average Bonchev–Trinajstić information content (AvgIpc) is 2.52. The molecule has 2 amide bonds. The first kappa shape index (κ1) is 17.8. The van der Waals surface area contributed by atoms with E-state index in [4.69, 9.17) is 9.47 Å². The SMILES string of the molecule is CCCNC(=O)CC(=O)NCCc1ccc(OC)c(OC)c1. The number of carbonyl (C=O) groups excluding carboxylic acids is 2. The maximum Gasteiger partial charge on any atom is 0.229 e. The van der Waals surface area contributed by atoms with Gasteiger partial charge in [-0.1, -0.05) is 13.0 Å². The number of nitrogens with one attached hydrogen (secondary N) is 2. The quantitative estimate of drug-likeness (QED) is 0.674. The predicted octanol–water partition coefficient (Wildman–Crippen LogP) is 1.28. The number of amides is 2. The van der Waals surface area contributed by atoms with Crippen LogP contribution in [0, 0.1) is 0 Å². The Morgan fingerprint density at radius 1 is 1.00 bits per heavy atom. The van der Waals surface area contributed by atoms with Crippen molar-refractivity contribution in [3.8, 4) is 11.5 Å². The first-order valence-electron chi connectivity index (χ1n) is 7.35. The molecule has 0 bridgehead atoms. The minimum Gasteiger partial charge on any atom is -0.493 e. The van der Waals surface area contributed by atoms with Gasteiger partial charge < -0.3 is 20.1 Å². The van der Waals surface area contributed by atoms with Gasteiger partial charge in [0.25, 0.3) is 0 Å². The summed E-state index contributed by atoms with van der Waals surface area (Å²) >= 11 is 0. The molecule has 2 N–H and O–H groups in total. The zero-order valence-corrected chi connectivity index (χ0v) is 13.4. The highest BCUT2D eigenvalue weighted by Crippen LogP contribution is 2.27. The molecule has 0 fully saturated rings. The number of benzene rings is 1. The smallest absolute Gasteiger partial charge is 0.229 e. The number of carbonyl (C=O) groups is 2. The second-order valence-corrected chi connectivity index (χ2v) is 4.82. The Morgan fingerprint density at radius 2 is 1.64 bits per heavy atom. The van der Waals surface area contributed by atoms with E-state index in [0.717, 1.165) is 12.0 Å². The molecule has 6 heteroatoms. The highest BCUT2D eigenvalue weighted by Gasteiger charge is 2.09. The summed E-state index contributed by atoms with van der Waals surface area (Å²) < 4.78 is 10.4. The molecule has 0 heterocycles. The van der Waals surface area contributed by atoms with E-state index in [1.807, 2.05) is 25.1 Å². The van der Waals surface area contributed by atoms with E-state index < -0.39 is 0 Å². The molecule has 0 spiro atoms. The van der Waals surface area contributed by atoms with E-state index in [9.17, 15) is 9.59 Å². The standard InChI is InChI=1S/C16H24N2O4/c1-4-8-17-15(19)11-16(20)18-9-7-12-5-6-13(21-2)14(10-12)22-3/h5-6,10H,4,7-9,11H2,1-3H3,(H,17,19)(H,18,20). The van der Waals surface area contributed by atoms with Crippen molar-refractivity contribution in [1.82, 2.24) is 10.6 Å². The summed E-state index contributed by atoms with van der Waals surface area (Å²) in [6, 6.07) is 5.62. The van der Waals surface area contributed by atoms with Gasteiger partial charge in [-0.3, -0.25) is 9.59 Å². The first-order valence-corrected chi connectivity index (χ1v) is 7.35. The summed E-state index contributed by atoms with van der Waals surface area (Å²) in [6.45, 7) is 3.02. The van der Waals surface area contributed by atoms with Crippen molar-refractivity contribution in [1.29, 1.82) is 0 Å². The Kier molecular flexibility index (Phi) is 7.81. The van der Waals surface area contributed by atoms with Gasteiger partial charge in [0.1, 0.15) is 6.42 Å². The summed E-state index contributed by atoms with van der Waals surface area (Å²) in [6.07, 6.45) is 1.38. The highest BCUT2D eigenvalue weighted by atomic mass is 16.5. The van der Waals surface area contributed by atoms with Crippen molar-refractivity contribution in [2.24, 2.45) is 0 Å². The average molecular weight is 308 g/mol. The van der Waals surface area contributed by atoms with Crippen molar-refractivity contribution in [2.75, 3.05) is 27.3 Å².